The zero-order valence-electron chi connectivity index (χ0n) is 76.2. The molecule has 704 valence electrons. The van der Waals surface area contributed by atoms with Gasteiger partial charge in [0.15, 0.2) is 64.2 Å². The molecule has 1 aliphatic rings. The van der Waals surface area contributed by atoms with E-state index in [-0.39, 0.29) is 148 Å². The molecule has 6 atom stereocenters. The number of Topliss-reactive ketones (excluding diaryl/α,β-unsaturated/α-hetero) is 4. The lowest BCUT2D eigenvalue weighted by Gasteiger charge is -2.56. The van der Waals surface area contributed by atoms with E-state index in [0.29, 0.717) is 66.8 Å². The molecule has 5 N–H and O–H groups in total. The standard InChI is InChI=1S/C118H100O22/c119-105(93-61-97(128-69-81-37-13-1-14-38-81)107(136-77-89-53-29-9-30-54-89)98(62-93)129-70-82-39-15-2-16-40-82)106(120)114-116(125,111(121)94-63-99(130-71-83-41-17-3-18-42-83)108(137-78-90-55-31-10-32-56-90)100(64-94)131-72-84-43-19-4-20-44-84)118(127,113(123)96-67-103(134-75-87-49-25-7-26-50-87)110(139-80-92-59-35-12-36-60-92)104(68-96)135-76-88-51-27-8-28-52-88)117(126,115(124)140-114)112(122)95-65-101(132-73-85-45-21-5-22-46-85)109(138-79-91-57-33-11-34-58-91)102(66-95)133-74-86-47-23-6-24-48-86/h1-68,105,114-115,119,124-127H,69-80H2/t105?,114-,115+,116-,117+,118+/m1/s1. The average molecular weight is 1870 g/mol. The molecule has 1 heterocycles. The lowest BCUT2D eigenvalue weighted by Crippen LogP contribution is -2.87. The molecule has 17 rings (SSSR count). The summed E-state index contributed by atoms with van der Waals surface area (Å²) in [5, 5.41) is 74.4. The quantitative estimate of drug-likeness (QED) is 0.0222. The van der Waals surface area contributed by atoms with E-state index in [2.05, 4.69) is 0 Å². The van der Waals surface area contributed by atoms with Crippen LogP contribution >= 0.6 is 0 Å². The maximum absolute atomic E-state index is 18.3. The molecular formula is C118H100O22. The Hall–Kier alpha value is -16.4. The van der Waals surface area contributed by atoms with Crippen molar-refractivity contribution in [3.8, 4) is 69.0 Å². The Labute approximate surface area is 809 Å². The van der Waals surface area contributed by atoms with Crippen molar-refractivity contribution < 1.29 is 106 Å². The third-order valence-corrected chi connectivity index (χ3v) is 23.7. The maximum Gasteiger partial charge on any atom is 0.218 e. The average Bonchev–Trinajstić information content (AvgIpc) is 0.671. The van der Waals surface area contributed by atoms with Crippen LogP contribution in [0.25, 0.3) is 0 Å². The first kappa shape index (κ1) is 95.3. The monoisotopic (exact) mass is 1870 g/mol. The van der Waals surface area contributed by atoms with Gasteiger partial charge in [0.05, 0.1) is 0 Å². The fourth-order valence-electron chi connectivity index (χ4n) is 16.2. The molecule has 140 heavy (non-hydrogen) atoms. The molecular weight excluding hydrogens is 1770 g/mol. The predicted molar refractivity (Wildman–Crippen MR) is 524 cm³/mol. The summed E-state index contributed by atoms with van der Waals surface area (Å²) in [7, 11) is 0. The van der Waals surface area contributed by atoms with E-state index < -0.39 is 80.7 Å². The molecule has 0 aromatic heterocycles. The number of carbonyl (C=O) groups excluding carboxylic acids is 4. The van der Waals surface area contributed by atoms with Crippen LogP contribution in [0.2, 0.25) is 0 Å². The first-order chi connectivity index (χ1) is 68.5. The Kier molecular flexibility index (Phi) is 31.0. The number of ether oxygens (including phenoxy) is 13. The minimum absolute atomic E-state index is 0.0239. The molecule has 0 spiro atoms. The number of aliphatic hydroxyl groups is 5. The van der Waals surface area contributed by atoms with Crippen molar-refractivity contribution in [2.24, 2.45) is 0 Å². The second-order valence-corrected chi connectivity index (χ2v) is 33.4. The van der Waals surface area contributed by atoms with Crippen molar-refractivity contribution in [3.05, 3.63) is 502 Å². The molecule has 16 aromatic rings. The van der Waals surface area contributed by atoms with Gasteiger partial charge in [0.2, 0.25) is 57.2 Å². The molecule has 0 saturated carbocycles. The Morgan fingerprint density at radius 2 is 0.400 bits per heavy atom. The van der Waals surface area contributed by atoms with Gasteiger partial charge in [-0.2, -0.15) is 0 Å². The normalized spacial score (nSPS) is 16.1. The maximum atomic E-state index is 18.3. The summed E-state index contributed by atoms with van der Waals surface area (Å²) in [5.41, 5.74) is -9.38. The molecule has 16 aromatic carbocycles. The van der Waals surface area contributed by atoms with Crippen molar-refractivity contribution in [2.45, 2.75) is 115 Å². The summed E-state index contributed by atoms with van der Waals surface area (Å²) in [5.74, 6) is -10.1. The number of benzene rings is 16. The number of hydrogen-bond acceptors (Lipinski definition) is 22. The first-order valence-electron chi connectivity index (χ1n) is 45.6. The van der Waals surface area contributed by atoms with Gasteiger partial charge in [0.25, 0.3) is 0 Å². The predicted octanol–water partition coefficient (Wildman–Crippen LogP) is 20.8. The van der Waals surface area contributed by atoms with Gasteiger partial charge in [-0.05, 0) is 121 Å². The van der Waals surface area contributed by atoms with E-state index in [1.165, 1.54) is 12.1 Å². The highest BCUT2D eigenvalue weighted by atomic mass is 16.7. The van der Waals surface area contributed by atoms with E-state index >= 15 is 34.5 Å². The van der Waals surface area contributed by atoms with Crippen molar-refractivity contribution in [3.63, 3.8) is 0 Å². The molecule has 1 unspecified atom stereocenters. The minimum atomic E-state index is -4.84. The zero-order valence-corrected chi connectivity index (χ0v) is 76.2. The van der Waals surface area contributed by atoms with Crippen molar-refractivity contribution in [1.82, 2.24) is 0 Å². The van der Waals surface area contributed by atoms with Crippen LogP contribution in [0, 0.1) is 0 Å². The van der Waals surface area contributed by atoms with Crippen molar-refractivity contribution in [2.75, 3.05) is 0 Å². The Morgan fingerprint density at radius 3 is 0.593 bits per heavy atom. The Balaban J connectivity index is 0.930. The second kappa shape index (κ2) is 45.5. The highest BCUT2D eigenvalue weighted by Gasteiger charge is 2.82. The molecule has 22 nitrogen and oxygen atoms in total. The Bertz CT molecular complexity index is 6550. The van der Waals surface area contributed by atoms with Crippen LogP contribution in [0.3, 0.4) is 0 Å². The number of carbonyl (C=O) groups is 4. The van der Waals surface area contributed by atoms with Gasteiger partial charge in [-0.1, -0.05) is 364 Å². The molecule has 22 heteroatoms. The summed E-state index contributed by atoms with van der Waals surface area (Å²) < 4.78 is 87.4. The largest absolute Gasteiger partial charge is 0.485 e. The van der Waals surface area contributed by atoms with Gasteiger partial charge < -0.3 is 87.1 Å². The Morgan fingerprint density at radius 1 is 0.236 bits per heavy atom. The summed E-state index contributed by atoms with van der Waals surface area (Å²) in [4.78, 5) is 71.6. The van der Waals surface area contributed by atoms with Crippen LogP contribution in [0.1, 0.15) is 110 Å². The SMILES string of the molecule is O=C(C(O)c1cc(OCc2ccccc2)c(OCc2ccccc2)c(OCc2ccccc2)c1)[C@H]1O[C@H](O)[C@@](O)(C(=O)c2cc(OCc3ccccc3)c(OCc3ccccc3)c(OCc3ccccc3)c2)[C@](O)(C(=O)c2cc(OCc3ccccc3)c(OCc3ccccc3)c(OCc3ccccc3)c2)[C@@]1(O)C(=O)c1cc(OCc2ccccc2)c(OCc2ccccc2)c(OCc2ccccc2)c1. The zero-order chi connectivity index (χ0) is 96.5. The molecule has 0 amide bonds. The second-order valence-electron chi connectivity index (χ2n) is 33.4. The number of rotatable bonds is 45. The highest BCUT2D eigenvalue weighted by molar-refractivity contribution is 6.21. The lowest BCUT2D eigenvalue weighted by molar-refractivity contribution is -0.338. The molecule has 0 radical (unpaired) electrons. The van der Waals surface area contributed by atoms with Crippen LogP contribution in [0.4, 0.5) is 0 Å². The fourth-order valence-corrected chi connectivity index (χ4v) is 16.2. The number of aliphatic hydroxyl groups excluding tert-OH is 2. The van der Waals surface area contributed by atoms with Crippen LogP contribution in [-0.2, 0) is 88.8 Å². The first-order valence-corrected chi connectivity index (χ1v) is 45.6. The van der Waals surface area contributed by atoms with Gasteiger partial charge in [0, 0.05) is 16.7 Å². The van der Waals surface area contributed by atoms with Gasteiger partial charge in [0.1, 0.15) is 85.4 Å². The third kappa shape index (κ3) is 22.6. The van der Waals surface area contributed by atoms with Gasteiger partial charge in [-0.15, -0.1) is 0 Å². The number of hydrogen-bond donors (Lipinski definition) is 5. The number of ketones is 4. The van der Waals surface area contributed by atoms with Crippen LogP contribution in [-0.4, -0.2) is 77.9 Å². The smallest absolute Gasteiger partial charge is 0.218 e. The van der Waals surface area contributed by atoms with Crippen LogP contribution < -0.4 is 56.8 Å². The van der Waals surface area contributed by atoms with Crippen molar-refractivity contribution >= 4 is 23.1 Å². The minimum Gasteiger partial charge on any atom is -0.485 e. The summed E-state index contributed by atoms with van der Waals surface area (Å²) in [6.07, 6.45) is -9.63. The van der Waals surface area contributed by atoms with Gasteiger partial charge >= 0.3 is 0 Å². The summed E-state index contributed by atoms with van der Waals surface area (Å²) >= 11 is 0. The van der Waals surface area contributed by atoms with E-state index in [1.54, 1.807) is 267 Å². The fraction of sp³-hybridized carbons (Fsp3) is 0.153. The van der Waals surface area contributed by atoms with E-state index in [0.717, 1.165) is 36.4 Å². The highest BCUT2D eigenvalue weighted by Crippen LogP contribution is 2.55. The van der Waals surface area contributed by atoms with E-state index in [9.17, 15) is 10.2 Å². The molecule has 1 fully saturated rings. The van der Waals surface area contributed by atoms with Crippen LogP contribution in [0.5, 0.6) is 69.0 Å². The molecule has 1 saturated heterocycles. The molecule has 0 bridgehead atoms. The summed E-state index contributed by atoms with van der Waals surface area (Å²) in [6, 6.07) is 117. The van der Waals surface area contributed by atoms with Crippen molar-refractivity contribution in [1.29, 1.82) is 0 Å². The topological polar surface area (TPSA) is 289 Å². The van der Waals surface area contributed by atoms with Crippen LogP contribution in [0.15, 0.2) is 413 Å². The summed E-state index contributed by atoms with van der Waals surface area (Å²) in [6.45, 7) is -2.39. The van der Waals surface area contributed by atoms with E-state index in [1.807, 2.05) is 97.1 Å². The molecule has 1 aliphatic heterocycles. The van der Waals surface area contributed by atoms with E-state index in [4.69, 9.17) is 61.6 Å². The van der Waals surface area contributed by atoms with Gasteiger partial charge in [-0.3, -0.25) is 19.2 Å². The lowest BCUT2D eigenvalue weighted by atomic mass is 9.57. The van der Waals surface area contributed by atoms with Gasteiger partial charge in [-0.25, -0.2) is 0 Å². The molecule has 0 aliphatic carbocycles. The third-order valence-electron chi connectivity index (χ3n) is 23.7.